The minimum absolute atomic E-state index is 0.281. The number of hydrogen-bond acceptors (Lipinski definition) is 5. The SMILES string of the molecule is O=C1O[C@H](C(=O)NC[C@H]2COc3ccccc3O2)Cc2ccccc21. The van der Waals surface area contributed by atoms with Crippen molar-refractivity contribution in [3.63, 3.8) is 0 Å². The number of cyclic esters (lactones) is 1. The molecule has 0 saturated carbocycles. The molecular formula is C19H17NO5. The van der Waals surface area contributed by atoms with E-state index in [0.717, 1.165) is 5.56 Å². The maximum atomic E-state index is 12.4. The molecule has 0 radical (unpaired) electrons. The zero-order chi connectivity index (χ0) is 17.2. The topological polar surface area (TPSA) is 73.9 Å². The van der Waals surface area contributed by atoms with Crippen LogP contribution in [0.1, 0.15) is 15.9 Å². The summed E-state index contributed by atoms with van der Waals surface area (Å²) in [6.45, 7) is 0.632. The van der Waals surface area contributed by atoms with E-state index in [2.05, 4.69) is 5.32 Å². The number of carbonyl (C=O) groups excluding carboxylic acids is 2. The van der Waals surface area contributed by atoms with Gasteiger partial charge < -0.3 is 19.5 Å². The fourth-order valence-corrected chi connectivity index (χ4v) is 2.97. The Balaban J connectivity index is 1.35. The highest BCUT2D eigenvalue weighted by molar-refractivity contribution is 5.95. The summed E-state index contributed by atoms with van der Waals surface area (Å²) in [6, 6.07) is 14.6. The highest BCUT2D eigenvalue weighted by atomic mass is 16.6. The van der Waals surface area contributed by atoms with Gasteiger partial charge in [0.1, 0.15) is 12.7 Å². The molecule has 0 fully saturated rings. The molecule has 128 valence electrons. The average Bonchev–Trinajstić information content (AvgIpc) is 2.66. The van der Waals surface area contributed by atoms with Crippen molar-refractivity contribution < 1.29 is 23.8 Å². The molecule has 6 nitrogen and oxygen atoms in total. The Kier molecular flexibility index (Phi) is 4.01. The Bertz CT molecular complexity index is 819. The number of fused-ring (bicyclic) bond motifs is 2. The number of benzene rings is 2. The van der Waals surface area contributed by atoms with E-state index in [-0.39, 0.29) is 18.6 Å². The second kappa shape index (κ2) is 6.47. The molecule has 0 saturated heterocycles. The van der Waals surface area contributed by atoms with Gasteiger partial charge in [0.15, 0.2) is 17.6 Å². The predicted octanol–water partition coefficient (Wildman–Crippen LogP) is 1.72. The summed E-state index contributed by atoms with van der Waals surface area (Å²) in [5, 5.41) is 2.78. The van der Waals surface area contributed by atoms with Crippen molar-refractivity contribution >= 4 is 11.9 Å². The van der Waals surface area contributed by atoms with Gasteiger partial charge in [-0.1, -0.05) is 30.3 Å². The average molecular weight is 339 g/mol. The molecule has 0 aliphatic carbocycles. The highest BCUT2D eigenvalue weighted by Crippen LogP contribution is 2.30. The van der Waals surface area contributed by atoms with E-state index in [1.165, 1.54) is 0 Å². The molecule has 2 atom stereocenters. The van der Waals surface area contributed by atoms with Crippen LogP contribution in [0.25, 0.3) is 0 Å². The largest absolute Gasteiger partial charge is 0.486 e. The second-order valence-electron chi connectivity index (χ2n) is 6.00. The van der Waals surface area contributed by atoms with Crippen LogP contribution < -0.4 is 14.8 Å². The lowest BCUT2D eigenvalue weighted by atomic mass is 9.98. The zero-order valence-electron chi connectivity index (χ0n) is 13.4. The number of carbonyl (C=O) groups is 2. The van der Waals surface area contributed by atoms with Gasteiger partial charge in [0.05, 0.1) is 12.1 Å². The minimum Gasteiger partial charge on any atom is -0.486 e. The van der Waals surface area contributed by atoms with Crippen LogP contribution in [0, 0.1) is 0 Å². The van der Waals surface area contributed by atoms with Crippen molar-refractivity contribution in [2.24, 2.45) is 0 Å². The van der Waals surface area contributed by atoms with E-state index >= 15 is 0 Å². The first-order chi connectivity index (χ1) is 12.2. The molecule has 4 rings (SSSR count). The zero-order valence-corrected chi connectivity index (χ0v) is 13.4. The summed E-state index contributed by atoms with van der Waals surface area (Å²) in [4.78, 5) is 24.4. The van der Waals surface area contributed by atoms with Crippen LogP contribution in [0.3, 0.4) is 0 Å². The lowest BCUT2D eigenvalue weighted by Gasteiger charge is -2.28. The summed E-state index contributed by atoms with van der Waals surface area (Å²) < 4.78 is 16.7. The van der Waals surface area contributed by atoms with Gasteiger partial charge in [-0.05, 0) is 23.8 Å². The first-order valence-electron chi connectivity index (χ1n) is 8.16. The van der Waals surface area contributed by atoms with Crippen LogP contribution in [-0.4, -0.2) is 37.2 Å². The van der Waals surface area contributed by atoms with E-state index in [4.69, 9.17) is 14.2 Å². The van der Waals surface area contributed by atoms with Crippen molar-refractivity contribution in [3.05, 3.63) is 59.7 Å². The van der Waals surface area contributed by atoms with Gasteiger partial charge in [-0.2, -0.15) is 0 Å². The minimum atomic E-state index is -0.820. The summed E-state index contributed by atoms with van der Waals surface area (Å²) in [6.07, 6.45) is -0.733. The maximum absolute atomic E-state index is 12.4. The van der Waals surface area contributed by atoms with Gasteiger partial charge >= 0.3 is 5.97 Å². The van der Waals surface area contributed by atoms with Crippen LogP contribution in [0.4, 0.5) is 0 Å². The van der Waals surface area contributed by atoms with E-state index in [1.54, 1.807) is 12.1 Å². The van der Waals surface area contributed by atoms with Crippen LogP contribution in [0.15, 0.2) is 48.5 Å². The first kappa shape index (κ1) is 15.5. The molecule has 1 N–H and O–H groups in total. The van der Waals surface area contributed by atoms with E-state index in [1.807, 2.05) is 36.4 Å². The molecule has 0 unspecified atom stereocenters. The fraction of sp³-hybridized carbons (Fsp3) is 0.263. The number of amides is 1. The molecule has 2 aromatic rings. The van der Waals surface area contributed by atoms with Crippen molar-refractivity contribution in [3.8, 4) is 11.5 Å². The van der Waals surface area contributed by atoms with Crippen molar-refractivity contribution in [1.82, 2.24) is 5.32 Å². The molecule has 0 bridgehead atoms. The number of nitrogens with one attached hydrogen (secondary N) is 1. The molecule has 2 heterocycles. The van der Waals surface area contributed by atoms with E-state index in [9.17, 15) is 9.59 Å². The Morgan fingerprint density at radius 1 is 1.04 bits per heavy atom. The van der Waals surface area contributed by atoms with E-state index in [0.29, 0.717) is 30.1 Å². The Hall–Kier alpha value is -3.02. The smallest absolute Gasteiger partial charge is 0.339 e. The molecule has 2 aliphatic heterocycles. The summed E-state index contributed by atoms with van der Waals surface area (Å²) in [7, 11) is 0. The van der Waals surface area contributed by atoms with Crippen LogP contribution in [-0.2, 0) is 16.0 Å². The Morgan fingerprint density at radius 2 is 1.80 bits per heavy atom. The lowest BCUT2D eigenvalue weighted by Crippen LogP contribution is -2.46. The molecule has 2 aliphatic rings. The summed E-state index contributed by atoms with van der Waals surface area (Å²) in [5.74, 6) is 0.562. The molecule has 1 amide bonds. The highest BCUT2D eigenvalue weighted by Gasteiger charge is 2.31. The Morgan fingerprint density at radius 3 is 2.68 bits per heavy atom. The number of hydrogen-bond donors (Lipinski definition) is 1. The van der Waals surface area contributed by atoms with Gasteiger partial charge in [0.2, 0.25) is 0 Å². The lowest BCUT2D eigenvalue weighted by molar-refractivity contribution is -0.130. The first-order valence-corrected chi connectivity index (χ1v) is 8.16. The number of para-hydroxylation sites is 2. The van der Waals surface area contributed by atoms with Gasteiger partial charge in [0, 0.05) is 6.42 Å². The van der Waals surface area contributed by atoms with Crippen LogP contribution >= 0.6 is 0 Å². The standard InChI is InChI=1S/C19H17NO5/c21-18(17-9-12-5-1-2-6-14(12)19(22)25-17)20-10-13-11-23-15-7-3-4-8-16(15)24-13/h1-8,13,17H,9-11H2,(H,20,21)/t13-,17-/m0/s1. The van der Waals surface area contributed by atoms with Gasteiger partial charge in [-0.15, -0.1) is 0 Å². The van der Waals surface area contributed by atoms with E-state index < -0.39 is 12.1 Å². The van der Waals surface area contributed by atoms with Crippen molar-refractivity contribution in [2.45, 2.75) is 18.6 Å². The van der Waals surface area contributed by atoms with Gasteiger partial charge in [0.25, 0.3) is 5.91 Å². The number of ether oxygens (including phenoxy) is 3. The third-order valence-electron chi connectivity index (χ3n) is 4.26. The van der Waals surface area contributed by atoms with Crippen LogP contribution in [0.5, 0.6) is 11.5 Å². The number of rotatable bonds is 3. The third-order valence-corrected chi connectivity index (χ3v) is 4.26. The van der Waals surface area contributed by atoms with Crippen molar-refractivity contribution in [2.75, 3.05) is 13.2 Å². The normalized spacial score (nSPS) is 21.0. The Labute approximate surface area is 144 Å². The third kappa shape index (κ3) is 3.15. The summed E-state index contributed by atoms with van der Waals surface area (Å²) >= 11 is 0. The number of esters is 1. The fourth-order valence-electron chi connectivity index (χ4n) is 2.97. The van der Waals surface area contributed by atoms with Crippen molar-refractivity contribution in [1.29, 1.82) is 0 Å². The maximum Gasteiger partial charge on any atom is 0.339 e. The van der Waals surface area contributed by atoms with Gasteiger partial charge in [-0.3, -0.25) is 4.79 Å². The molecule has 6 heteroatoms. The second-order valence-corrected chi connectivity index (χ2v) is 6.00. The van der Waals surface area contributed by atoms with Crippen LogP contribution in [0.2, 0.25) is 0 Å². The molecule has 0 aromatic heterocycles. The quantitative estimate of drug-likeness (QED) is 0.862. The van der Waals surface area contributed by atoms with Gasteiger partial charge in [-0.25, -0.2) is 4.79 Å². The summed E-state index contributed by atoms with van der Waals surface area (Å²) in [5.41, 5.74) is 1.34. The predicted molar refractivity (Wildman–Crippen MR) is 88.7 cm³/mol. The molecule has 25 heavy (non-hydrogen) atoms. The monoisotopic (exact) mass is 339 g/mol. The molecule has 0 spiro atoms. The molecular weight excluding hydrogens is 322 g/mol. The molecule has 2 aromatic carbocycles.